The molecule has 1 aromatic carbocycles. The summed E-state index contributed by atoms with van der Waals surface area (Å²) in [5.74, 6) is 0.741. The Balaban J connectivity index is 1.67. The molecule has 3 rings (SSSR count). The van der Waals surface area contributed by atoms with Gasteiger partial charge in [0.1, 0.15) is 23.2 Å². The number of hydrogen-bond donors (Lipinski definition) is 1. The molecule has 0 unspecified atom stereocenters. The molecule has 2 heterocycles. The molecule has 1 fully saturated rings. The number of carbonyl (C=O) groups excluding carboxylic acids is 1. The Morgan fingerprint density at radius 3 is 2.52 bits per heavy atom. The monoisotopic (exact) mass is 337 g/mol. The number of anilines is 2. The smallest absolute Gasteiger partial charge is 0.266 e. The van der Waals surface area contributed by atoms with Gasteiger partial charge in [0.05, 0.1) is 13.2 Å². The van der Waals surface area contributed by atoms with Crippen LogP contribution in [0.15, 0.2) is 46.4 Å². The topological polar surface area (TPSA) is 78.5 Å². The van der Waals surface area contributed by atoms with E-state index in [9.17, 15) is 10.1 Å². The molecular weight excluding hydrogens is 318 g/mol. The van der Waals surface area contributed by atoms with Crippen LogP contribution in [0, 0.1) is 18.3 Å². The third-order valence-corrected chi connectivity index (χ3v) is 3.91. The Morgan fingerprint density at radius 1 is 1.20 bits per heavy atom. The number of ether oxygens (including phenoxy) is 1. The lowest BCUT2D eigenvalue weighted by atomic mass is 10.2. The molecule has 0 atom stereocenters. The van der Waals surface area contributed by atoms with E-state index in [4.69, 9.17) is 9.15 Å². The molecule has 25 heavy (non-hydrogen) atoms. The van der Waals surface area contributed by atoms with Gasteiger partial charge < -0.3 is 19.4 Å². The third-order valence-electron chi connectivity index (χ3n) is 3.91. The maximum atomic E-state index is 12.3. The zero-order chi connectivity index (χ0) is 17.6. The number of aryl methyl sites for hydroxylation is 1. The van der Waals surface area contributed by atoms with Crippen molar-refractivity contribution < 1.29 is 13.9 Å². The Labute approximate surface area is 146 Å². The number of nitrogens with one attached hydrogen (secondary N) is 1. The lowest BCUT2D eigenvalue weighted by Gasteiger charge is -2.28. The number of nitriles is 1. The number of carbonyl (C=O) groups is 1. The van der Waals surface area contributed by atoms with Crippen molar-refractivity contribution in [3.63, 3.8) is 0 Å². The van der Waals surface area contributed by atoms with Crippen LogP contribution >= 0.6 is 0 Å². The van der Waals surface area contributed by atoms with Gasteiger partial charge >= 0.3 is 0 Å². The molecule has 0 bridgehead atoms. The first-order valence-electron chi connectivity index (χ1n) is 8.08. The second kappa shape index (κ2) is 7.69. The maximum Gasteiger partial charge on any atom is 0.266 e. The van der Waals surface area contributed by atoms with Crippen molar-refractivity contribution in [2.45, 2.75) is 6.92 Å². The van der Waals surface area contributed by atoms with Crippen LogP contribution in [-0.4, -0.2) is 32.2 Å². The number of rotatable bonds is 4. The zero-order valence-electron chi connectivity index (χ0n) is 14.0. The van der Waals surface area contributed by atoms with E-state index >= 15 is 0 Å². The molecule has 1 amide bonds. The van der Waals surface area contributed by atoms with Crippen LogP contribution in [-0.2, 0) is 9.53 Å². The van der Waals surface area contributed by atoms with Gasteiger partial charge in [0.25, 0.3) is 5.91 Å². The van der Waals surface area contributed by atoms with Gasteiger partial charge in [-0.05, 0) is 43.3 Å². The van der Waals surface area contributed by atoms with Gasteiger partial charge in [0.15, 0.2) is 0 Å². The van der Waals surface area contributed by atoms with Crippen LogP contribution in [0.1, 0.15) is 11.5 Å². The normalized spacial score (nSPS) is 14.9. The van der Waals surface area contributed by atoms with Crippen molar-refractivity contribution >= 4 is 23.4 Å². The van der Waals surface area contributed by atoms with Gasteiger partial charge in [-0.1, -0.05) is 0 Å². The van der Waals surface area contributed by atoms with Crippen LogP contribution in [0.3, 0.4) is 0 Å². The first-order valence-corrected chi connectivity index (χ1v) is 8.08. The lowest BCUT2D eigenvalue weighted by molar-refractivity contribution is -0.112. The highest BCUT2D eigenvalue weighted by molar-refractivity contribution is 6.09. The van der Waals surface area contributed by atoms with Gasteiger partial charge in [-0.3, -0.25) is 4.79 Å². The Hall–Kier alpha value is -3.04. The van der Waals surface area contributed by atoms with E-state index < -0.39 is 5.91 Å². The van der Waals surface area contributed by atoms with Crippen LogP contribution in [0.5, 0.6) is 0 Å². The fourth-order valence-electron chi connectivity index (χ4n) is 2.60. The summed E-state index contributed by atoms with van der Waals surface area (Å²) in [4.78, 5) is 14.5. The molecule has 0 saturated carbocycles. The van der Waals surface area contributed by atoms with Gasteiger partial charge in [0, 0.05) is 30.5 Å². The van der Waals surface area contributed by atoms with E-state index in [2.05, 4.69) is 10.2 Å². The minimum Gasteiger partial charge on any atom is -0.462 e. The maximum absolute atomic E-state index is 12.3. The third kappa shape index (κ3) is 4.28. The molecule has 6 nitrogen and oxygen atoms in total. The summed E-state index contributed by atoms with van der Waals surface area (Å²) >= 11 is 0. The molecular formula is C19H19N3O3. The van der Waals surface area contributed by atoms with E-state index in [0.29, 0.717) is 11.4 Å². The van der Waals surface area contributed by atoms with Gasteiger partial charge in [0.2, 0.25) is 0 Å². The average Bonchev–Trinajstić information content (AvgIpc) is 3.06. The van der Waals surface area contributed by atoms with Crippen molar-refractivity contribution in [1.29, 1.82) is 5.26 Å². The highest BCUT2D eigenvalue weighted by atomic mass is 16.5. The van der Waals surface area contributed by atoms with E-state index in [0.717, 1.165) is 37.8 Å². The summed E-state index contributed by atoms with van der Waals surface area (Å²) in [7, 11) is 0. The SMILES string of the molecule is Cc1ccc(C=C(C#N)C(=O)Nc2ccc(N3CCOCC3)cc2)o1. The molecule has 128 valence electrons. The van der Waals surface area contributed by atoms with Crippen LogP contribution in [0.4, 0.5) is 11.4 Å². The van der Waals surface area contributed by atoms with Crippen LogP contribution < -0.4 is 10.2 Å². The molecule has 6 heteroatoms. The fourth-order valence-corrected chi connectivity index (χ4v) is 2.60. The van der Waals surface area contributed by atoms with Crippen LogP contribution in [0.25, 0.3) is 6.08 Å². The number of benzene rings is 1. The predicted molar refractivity (Wildman–Crippen MR) is 95.1 cm³/mol. The van der Waals surface area contributed by atoms with Crippen molar-refractivity contribution in [3.8, 4) is 6.07 Å². The summed E-state index contributed by atoms with van der Waals surface area (Å²) in [5.41, 5.74) is 1.72. The average molecular weight is 337 g/mol. The molecule has 1 saturated heterocycles. The minimum absolute atomic E-state index is 0.00777. The second-order valence-electron chi connectivity index (χ2n) is 5.72. The largest absolute Gasteiger partial charge is 0.462 e. The quantitative estimate of drug-likeness (QED) is 0.685. The lowest BCUT2D eigenvalue weighted by Crippen LogP contribution is -2.36. The van der Waals surface area contributed by atoms with Crippen molar-refractivity contribution in [2.24, 2.45) is 0 Å². The summed E-state index contributed by atoms with van der Waals surface area (Å²) in [6.45, 7) is 4.97. The summed E-state index contributed by atoms with van der Waals surface area (Å²) in [6.07, 6.45) is 1.43. The van der Waals surface area contributed by atoms with Crippen molar-refractivity contribution in [2.75, 3.05) is 36.5 Å². The summed E-state index contributed by atoms with van der Waals surface area (Å²) < 4.78 is 10.7. The first kappa shape index (κ1) is 16.8. The van der Waals surface area contributed by atoms with Crippen molar-refractivity contribution in [1.82, 2.24) is 0 Å². The number of amides is 1. The minimum atomic E-state index is -0.462. The van der Waals surface area contributed by atoms with Gasteiger partial charge in [-0.2, -0.15) is 5.26 Å². The molecule has 0 radical (unpaired) electrons. The predicted octanol–water partition coefficient (Wildman–Crippen LogP) is 2.97. The molecule has 2 aromatic rings. The van der Waals surface area contributed by atoms with Crippen LogP contribution in [0.2, 0.25) is 0 Å². The van der Waals surface area contributed by atoms with E-state index in [-0.39, 0.29) is 5.57 Å². The second-order valence-corrected chi connectivity index (χ2v) is 5.72. The number of hydrogen-bond acceptors (Lipinski definition) is 5. The Kier molecular flexibility index (Phi) is 5.17. The van der Waals surface area contributed by atoms with E-state index in [1.165, 1.54) is 6.08 Å². The molecule has 1 N–H and O–H groups in total. The highest BCUT2D eigenvalue weighted by Gasteiger charge is 2.13. The molecule has 0 aliphatic carbocycles. The number of morpholine rings is 1. The zero-order valence-corrected chi connectivity index (χ0v) is 14.0. The summed E-state index contributed by atoms with van der Waals surface area (Å²) in [6, 6.07) is 13.0. The number of nitrogens with zero attached hydrogens (tertiary/aromatic N) is 2. The van der Waals surface area contributed by atoms with Gasteiger partial charge in [-0.15, -0.1) is 0 Å². The molecule has 1 aromatic heterocycles. The van der Waals surface area contributed by atoms with E-state index in [1.807, 2.05) is 30.3 Å². The summed E-state index contributed by atoms with van der Waals surface area (Å²) in [5, 5.41) is 12.0. The first-order chi connectivity index (χ1) is 12.2. The molecule has 0 spiro atoms. The van der Waals surface area contributed by atoms with E-state index in [1.54, 1.807) is 19.1 Å². The fraction of sp³-hybridized carbons (Fsp3) is 0.263. The molecule has 1 aliphatic heterocycles. The number of furan rings is 1. The standard InChI is InChI=1S/C19H19N3O3/c1-14-2-7-18(25-14)12-15(13-20)19(23)21-16-3-5-17(6-4-16)22-8-10-24-11-9-22/h2-7,12H,8-11H2,1H3,(H,21,23). The Morgan fingerprint density at radius 2 is 1.92 bits per heavy atom. The van der Waals surface area contributed by atoms with Gasteiger partial charge in [-0.25, -0.2) is 0 Å². The van der Waals surface area contributed by atoms with Crippen molar-refractivity contribution in [3.05, 3.63) is 53.5 Å². The highest BCUT2D eigenvalue weighted by Crippen LogP contribution is 2.20. The molecule has 1 aliphatic rings. The Bertz CT molecular complexity index is 809.